The summed E-state index contributed by atoms with van der Waals surface area (Å²) in [4.78, 5) is 24.4. The van der Waals surface area contributed by atoms with E-state index in [0.29, 0.717) is 32.8 Å². The number of cyclic esters (lactones) is 1. The van der Waals surface area contributed by atoms with Gasteiger partial charge in [0.2, 0.25) is 6.29 Å². The zero-order chi connectivity index (χ0) is 22.2. The van der Waals surface area contributed by atoms with Crippen molar-refractivity contribution in [3.63, 3.8) is 0 Å². The average Bonchev–Trinajstić information content (AvgIpc) is 3.17. The highest BCUT2D eigenvalue weighted by atomic mass is 19.3. The molecule has 6 atom stereocenters. The first-order valence-corrected chi connectivity index (χ1v) is 11.0. The van der Waals surface area contributed by atoms with E-state index in [9.17, 15) is 18.4 Å². The van der Waals surface area contributed by atoms with E-state index in [-0.39, 0.29) is 17.8 Å². The lowest BCUT2D eigenvalue weighted by Crippen LogP contribution is -2.66. The maximum absolute atomic E-state index is 13.5. The number of ether oxygens (including phenoxy) is 6. The Kier molecular flexibility index (Phi) is 4.90. The molecule has 174 valence electrons. The fraction of sp³-hybridized carbons (Fsp3) is 0.905. The highest BCUT2D eigenvalue weighted by Gasteiger charge is 2.72. The highest BCUT2D eigenvalue weighted by molar-refractivity contribution is 5.78. The summed E-state index contributed by atoms with van der Waals surface area (Å²) in [5.41, 5.74) is -0.928. The van der Waals surface area contributed by atoms with Crippen LogP contribution in [0.3, 0.4) is 0 Å². The largest absolute Gasteiger partial charge is 0.455 e. The van der Waals surface area contributed by atoms with Crippen LogP contribution in [0.2, 0.25) is 0 Å². The maximum Gasteiger partial charge on any atom is 0.377 e. The number of hydrogen-bond donors (Lipinski definition) is 0. The molecule has 2 aliphatic heterocycles. The molecule has 6 rings (SSSR count). The summed E-state index contributed by atoms with van der Waals surface area (Å²) in [7, 11) is 0. The van der Waals surface area contributed by atoms with Gasteiger partial charge in [0.25, 0.3) is 0 Å². The van der Waals surface area contributed by atoms with E-state index >= 15 is 0 Å². The molecule has 6 unspecified atom stereocenters. The molecule has 6 aliphatic rings. The molecule has 0 aromatic carbocycles. The van der Waals surface area contributed by atoms with Gasteiger partial charge in [-0.25, -0.2) is 9.59 Å². The van der Waals surface area contributed by atoms with Gasteiger partial charge in [-0.15, -0.1) is 0 Å². The van der Waals surface area contributed by atoms with Crippen LogP contribution in [0.25, 0.3) is 0 Å². The second-order valence-corrected chi connectivity index (χ2v) is 9.61. The Morgan fingerprint density at radius 3 is 2.52 bits per heavy atom. The Morgan fingerprint density at radius 1 is 1.23 bits per heavy atom. The lowest BCUT2D eigenvalue weighted by Gasteiger charge is -2.62. The fourth-order valence-electron chi connectivity index (χ4n) is 6.42. The second kappa shape index (κ2) is 7.07. The normalized spacial score (nSPS) is 46.3. The van der Waals surface area contributed by atoms with Crippen molar-refractivity contribution >= 4 is 11.9 Å². The Hall–Kier alpha value is -1.36. The SMILES string of the molecule is CCOC(C)OC1OC(=O)C2OC3(OC12)C1CC2CC3CC(OC(=O)C(C)(F)F)(C2)C1. The van der Waals surface area contributed by atoms with Gasteiger partial charge in [0.05, 0.1) is 0 Å². The third-order valence-electron chi connectivity index (χ3n) is 7.33. The minimum absolute atomic E-state index is 0.166. The summed E-state index contributed by atoms with van der Waals surface area (Å²) in [6.07, 6.45) is -0.304. The summed E-state index contributed by atoms with van der Waals surface area (Å²) < 4.78 is 61.4. The predicted octanol–water partition coefficient (Wildman–Crippen LogP) is 2.53. The fourth-order valence-corrected chi connectivity index (χ4v) is 6.42. The van der Waals surface area contributed by atoms with E-state index in [0.717, 1.165) is 12.8 Å². The molecule has 4 aliphatic carbocycles. The summed E-state index contributed by atoms with van der Waals surface area (Å²) >= 11 is 0. The molecule has 2 saturated heterocycles. The number of fused-ring (bicyclic) bond motifs is 1. The third kappa shape index (κ3) is 3.37. The van der Waals surface area contributed by atoms with Crippen LogP contribution in [-0.2, 0) is 38.0 Å². The minimum atomic E-state index is -3.54. The van der Waals surface area contributed by atoms with Crippen LogP contribution < -0.4 is 0 Å². The first-order chi connectivity index (χ1) is 14.6. The van der Waals surface area contributed by atoms with Crippen LogP contribution in [0.1, 0.15) is 52.9 Å². The van der Waals surface area contributed by atoms with Gasteiger partial charge in [-0.2, -0.15) is 8.78 Å². The minimum Gasteiger partial charge on any atom is -0.455 e. The zero-order valence-corrected chi connectivity index (χ0v) is 17.8. The Labute approximate surface area is 178 Å². The Morgan fingerprint density at radius 2 is 1.90 bits per heavy atom. The van der Waals surface area contributed by atoms with E-state index in [4.69, 9.17) is 28.4 Å². The van der Waals surface area contributed by atoms with Gasteiger partial charge in [0, 0.05) is 25.4 Å². The first kappa shape index (κ1) is 21.5. The highest BCUT2D eigenvalue weighted by Crippen LogP contribution is 2.65. The van der Waals surface area contributed by atoms with Crippen LogP contribution in [-0.4, -0.2) is 60.6 Å². The average molecular weight is 446 g/mol. The molecular formula is C21H28F2O8. The molecule has 6 fully saturated rings. The van der Waals surface area contributed by atoms with E-state index in [1.807, 2.05) is 6.92 Å². The Balaban J connectivity index is 1.35. The monoisotopic (exact) mass is 446 g/mol. The number of carbonyl (C=O) groups is 2. The number of alkyl halides is 2. The van der Waals surface area contributed by atoms with Crippen molar-refractivity contribution in [3.05, 3.63) is 0 Å². The van der Waals surface area contributed by atoms with Crippen LogP contribution in [0.4, 0.5) is 8.78 Å². The molecule has 0 radical (unpaired) electrons. The number of carbonyl (C=O) groups excluding carboxylic acids is 2. The number of rotatable bonds is 6. The van der Waals surface area contributed by atoms with Crippen molar-refractivity contribution in [2.75, 3.05) is 6.61 Å². The molecule has 10 heteroatoms. The first-order valence-electron chi connectivity index (χ1n) is 11.0. The van der Waals surface area contributed by atoms with Crippen molar-refractivity contribution in [3.8, 4) is 0 Å². The molecule has 0 aromatic rings. The van der Waals surface area contributed by atoms with Gasteiger partial charge in [-0.05, 0) is 51.9 Å². The zero-order valence-electron chi connectivity index (χ0n) is 17.8. The molecule has 0 amide bonds. The van der Waals surface area contributed by atoms with Crippen molar-refractivity contribution < 1.29 is 46.8 Å². The number of hydrogen-bond acceptors (Lipinski definition) is 8. The summed E-state index contributed by atoms with van der Waals surface area (Å²) in [6, 6.07) is 0. The van der Waals surface area contributed by atoms with Gasteiger partial charge in [0.1, 0.15) is 5.60 Å². The van der Waals surface area contributed by atoms with Gasteiger partial charge in [-0.1, -0.05) is 0 Å². The van der Waals surface area contributed by atoms with Gasteiger partial charge < -0.3 is 28.4 Å². The molecule has 31 heavy (non-hydrogen) atoms. The molecule has 4 saturated carbocycles. The van der Waals surface area contributed by atoms with Crippen LogP contribution in [0.5, 0.6) is 0 Å². The number of halogens is 2. The lowest BCUT2D eigenvalue weighted by atomic mass is 9.51. The summed E-state index contributed by atoms with van der Waals surface area (Å²) in [6.45, 7) is 4.54. The van der Waals surface area contributed by atoms with Gasteiger partial charge >= 0.3 is 17.9 Å². The van der Waals surface area contributed by atoms with E-state index in [1.165, 1.54) is 0 Å². The third-order valence-corrected chi connectivity index (χ3v) is 7.33. The molecule has 0 aromatic heterocycles. The maximum atomic E-state index is 13.5. The quantitative estimate of drug-likeness (QED) is 0.454. The van der Waals surface area contributed by atoms with Crippen molar-refractivity contribution in [1.82, 2.24) is 0 Å². The van der Waals surface area contributed by atoms with Crippen LogP contribution in [0.15, 0.2) is 0 Å². The smallest absolute Gasteiger partial charge is 0.377 e. The Bertz CT molecular complexity index is 751. The predicted molar refractivity (Wildman–Crippen MR) is 97.5 cm³/mol. The van der Waals surface area contributed by atoms with Gasteiger partial charge in [0.15, 0.2) is 24.3 Å². The topological polar surface area (TPSA) is 89.5 Å². The summed E-state index contributed by atoms with van der Waals surface area (Å²) in [5, 5.41) is 0. The second-order valence-electron chi connectivity index (χ2n) is 9.61. The molecular weight excluding hydrogens is 418 g/mol. The summed E-state index contributed by atoms with van der Waals surface area (Å²) in [5.74, 6) is -6.69. The standard InChI is InChI=1S/C21H28F2O8/c1-4-26-10(2)27-17-15-14(16(24)28-17)29-21(30-15)12-5-11-6-13(21)9-20(7-11,8-12)31-18(25)19(3,22)23/h10-15,17H,4-9H2,1-3H3. The van der Waals surface area contributed by atoms with Crippen LogP contribution >= 0.6 is 0 Å². The van der Waals surface area contributed by atoms with Gasteiger partial charge in [-0.3, -0.25) is 0 Å². The molecule has 1 spiro atoms. The van der Waals surface area contributed by atoms with Crippen LogP contribution in [0, 0.1) is 17.8 Å². The molecule has 8 nitrogen and oxygen atoms in total. The molecule has 0 N–H and O–H groups in total. The van der Waals surface area contributed by atoms with Crippen molar-refractivity contribution in [2.45, 2.75) is 95.0 Å². The van der Waals surface area contributed by atoms with E-state index < -0.39 is 54.0 Å². The van der Waals surface area contributed by atoms with E-state index in [1.54, 1.807) is 6.92 Å². The van der Waals surface area contributed by atoms with Crippen molar-refractivity contribution in [1.29, 1.82) is 0 Å². The molecule has 2 heterocycles. The molecule has 4 bridgehead atoms. The lowest BCUT2D eigenvalue weighted by molar-refractivity contribution is -0.340. The number of esters is 2. The van der Waals surface area contributed by atoms with Crippen molar-refractivity contribution in [2.24, 2.45) is 17.8 Å². The van der Waals surface area contributed by atoms with E-state index in [2.05, 4.69) is 0 Å².